The van der Waals surface area contributed by atoms with Crippen molar-refractivity contribution in [1.29, 1.82) is 0 Å². The molecule has 0 amide bonds. The van der Waals surface area contributed by atoms with Crippen molar-refractivity contribution in [2.45, 2.75) is 0 Å². The van der Waals surface area contributed by atoms with Crippen LogP contribution in [-0.2, 0) is 0 Å². The summed E-state index contributed by atoms with van der Waals surface area (Å²) in [5.41, 5.74) is 0. The Labute approximate surface area is 66.2 Å². The van der Waals surface area contributed by atoms with Gasteiger partial charge in [-0.25, -0.2) is 8.78 Å². The number of benzene rings is 1. The van der Waals surface area contributed by atoms with Crippen LogP contribution >= 0.6 is 0 Å². The first-order chi connectivity index (χ1) is 5.57. The Hall–Kier alpha value is -1.39. The van der Waals surface area contributed by atoms with Crippen molar-refractivity contribution in [3.63, 3.8) is 0 Å². The van der Waals surface area contributed by atoms with Gasteiger partial charge in [0.1, 0.15) is 0 Å². The molecular weight excluding hydrogens is 173 g/mol. The lowest BCUT2D eigenvalue weighted by Gasteiger charge is -2.04. The number of phenols is 1. The first kappa shape index (κ1) is 8.70. The zero-order chi connectivity index (χ0) is 9.30. The first-order valence-corrected chi connectivity index (χ1v) is 2.98. The Morgan fingerprint density at radius 3 is 2.33 bits per heavy atom. The Morgan fingerprint density at radius 2 is 1.83 bits per heavy atom. The topological polar surface area (TPSA) is 29.5 Å². The van der Waals surface area contributed by atoms with E-state index < -0.39 is 29.0 Å². The van der Waals surface area contributed by atoms with Gasteiger partial charge in [-0.1, -0.05) is 0 Å². The lowest BCUT2D eigenvalue weighted by molar-refractivity contribution is 0.330. The van der Waals surface area contributed by atoms with Gasteiger partial charge in [0.15, 0.2) is 23.1 Å². The Bertz CT molecular complexity index is 312. The van der Waals surface area contributed by atoms with Gasteiger partial charge in [-0.3, -0.25) is 0 Å². The molecule has 0 aliphatic heterocycles. The van der Waals surface area contributed by atoms with E-state index in [1.165, 1.54) is 0 Å². The van der Waals surface area contributed by atoms with Crippen LogP contribution in [0.1, 0.15) is 0 Å². The highest BCUT2D eigenvalue weighted by atomic mass is 19.2. The molecule has 66 valence electrons. The van der Waals surface area contributed by atoms with Crippen LogP contribution in [0.4, 0.5) is 13.2 Å². The number of methoxy groups -OCH3 is 1. The molecule has 5 heteroatoms. The van der Waals surface area contributed by atoms with Gasteiger partial charge in [-0.05, 0) is 0 Å². The summed E-state index contributed by atoms with van der Waals surface area (Å²) in [6.45, 7) is 0. The molecule has 0 radical (unpaired) electrons. The molecule has 0 aliphatic carbocycles. The van der Waals surface area contributed by atoms with E-state index in [9.17, 15) is 13.2 Å². The molecule has 0 saturated heterocycles. The predicted octanol–water partition coefficient (Wildman–Crippen LogP) is 1.82. The van der Waals surface area contributed by atoms with E-state index in [0.717, 1.165) is 7.11 Å². The Kier molecular flexibility index (Phi) is 2.12. The van der Waals surface area contributed by atoms with Gasteiger partial charge in [0, 0.05) is 6.07 Å². The number of hydrogen-bond donors (Lipinski definition) is 1. The van der Waals surface area contributed by atoms with Gasteiger partial charge < -0.3 is 9.84 Å². The number of ether oxygens (including phenoxy) is 1. The Balaban J connectivity index is 3.40. The molecule has 0 fully saturated rings. The van der Waals surface area contributed by atoms with Gasteiger partial charge in [-0.2, -0.15) is 4.39 Å². The van der Waals surface area contributed by atoms with Crippen LogP contribution < -0.4 is 4.74 Å². The van der Waals surface area contributed by atoms with Gasteiger partial charge in [-0.15, -0.1) is 0 Å². The van der Waals surface area contributed by atoms with E-state index in [1.54, 1.807) is 0 Å². The molecule has 0 unspecified atom stereocenters. The summed E-state index contributed by atoms with van der Waals surface area (Å²) >= 11 is 0. The maximum Gasteiger partial charge on any atom is 0.207 e. The molecule has 0 spiro atoms. The van der Waals surface area contributed by atoms with E-state index in [0.29, 0.717) is 6.07 Å². The average molecular weight is 178 g/mol. The molecule has 0 bridgehead atoms. The fraction of sp³-hybridized carbons (Fsp3) is 0.143. The first-order valence-electron chi connectivity index (χ1n) is 2.98. The quantitative estimate of drug-likeness (QED) is 0.664. The monoisotopic (exact) mass is 178 g/mol. The largest absolute Gasteiger partial charge is 0.504 e. The van der Waals surface area contributed by atoms with Crippen LogP contribution in [0.5, 0.6) is 11.5 Å². The van der Waals surface area contributed by atoms with E-state index in [2.05, 4.69) is 4.74 Å². The molecule has 0 atom stereocenters. The van der Waals surface area contributed by atoms with Crippen molar-refractivity contribution in [3.05, 3.63) is 23.5 Å². The van der Waals surface area contributed by atoms with Crippen LogP contribution in [0.2, 0.25) is 0 Å². The lowest BCUT2D eigenvalue weighted by Crippen LogP contribution is -1.95. The van der Waals surface area contributed by atoms with Crippen molar-refractivity contribution in [1.82, 2.24) is 0 Å². The summed E-state index contributed by atoms with van der Waals surface area (Å²) in [4.78, 5) is 0. The number of rotatable bonds is 1. The molecule has 1 rings (SSSR count). The van der Waals surface area contributed by atoms with Crippen molar-refractivity contribution < 1.29 is 23.0 Å². The Morgan fingerprint density at radius 1 is 1.25 bits per heavy atom. The zero-order valence-electron chi connectivity index (χ0n) is 6.07. The zero-order valence-corrected chi connectivity index (χ0v) is 6.07. The minimum absolute atomic E-state index is 0.442. The summed E-state index contributed by atoms with van der Waals surface area (Å²) in [6, 6.07) is 0.442. The summed E-state index contributed by atoms with van der Waals surface area (Å²) in [5, 5.41) is 8.82. The fourth-order valence-corrected chi connectivity index (χ4v) is 0.760. The summed E-state index contributed by atoms with van der Waals surface area (Å²) in [5.74, 6) is -6.12. The number of halogens is 3. The van der Waals surface area contributed by atoms with Crippen LogP contribution in [0, 0.1) is 17.5 Å². The van der Waals surface area contributed by atoms with Gasteiger partial charge >= 0.3 is 0 Å². The molecule has 0 saturated carbocycles. The van der Waals surface area contributed by atoms with E-state index >= 15 is 0 Å². The highest BCUT2D eigenvalue weighted by Gasteiger charge is 2.18. The molecule has 0 aliphatic rings. The highest BCUT2D eigenvalue weighted by Crippen LogP contribution is 2.31. The van der Waals surface area contributed by atoms with Gasteiger partial charge in [0.05, 0.1) is 7.11 Å². The van der Waals surface area contributed by atoms with Crippen LogP contribution in [0.25, 0.3) is 0 Å². The maximum atomic E-state index is 12.6. The third-order valence-electron chi connectivity index (χ3n) is 1.30. The van der Waals surface area contributed by atoms with Crippen LogP contribution in [0.15, 0.2) is 6.07 Å². The van der Waals surface area contributed by atoms with Gasteiger partial charge in [0.25, 0.3) is 0 Å². The van der Waals surface area contributed by atoms with Crippen molar-refractivity contribution in [2.24, 2.45) is 0 Å². The van der Waals surface area contributed by atoms with Crippen LogP contribution in [0.3, 0.4) is 0 Å². The number of phenolic OH excluding ortho intramolecular Hbond substituents is 1. The number of aromatic hydroxyl groups is 1. The van der Waals surface area contributed by atoms with Crippen molar-refractivity contribution >= 4 is 0 Å². The maximum absolute atomic E-state index is 12.6. The molecule has 0 heterocycles. The summed E-state index contributed by atoms with van der Waals surface area (Å²) < 4.78 is 41.6. The molecule has 1 aromatic carbocycles. The average Bonchev–Trinajstić information content (AvgIpc) is 2.01. The highest BCUT2D eigenvalue weighted by molar-refractivity contribution is 5.40. The van der Waals surface area contributed by atoms with E-state index in [1.807, 2.05) is 0 Å². The lowest BCUT2D eigenvalue weighted by atomic mass is 10.3. The smallest absolute Gasteiger partial charge is 0.207 e. The van der Waals surface area contributed by atoms with Gasteiger partial charge in [0.2, 0.25) is 5.82 Å². The van der Waals surface area contributed by atoms with Crippen molar-refractivity contribution in [3.8, 4) is 11.5 Å². The molecule has 12 heavy (non-hydrogen) atoms. The molecular formula is C7H5F3O2. The second kappa shape index (κ2) is 2.92. The molecule has 1 N–H and O–H groups in total. The predicted molar refractivity (Wildman–Crippen MR) is 34.5 cm³/mol. The molecule has 1 aromatic rings. The SMILES string of the molecule is COc1c(O)cc(F)c(F)c1F. The third kappa shape index (κ3) is 1.17. The minimum atomic E-state index is -1.66. The molecule has 2 nitrogen and oxygen atoms in total. The minimum Gasteiger partial charge on any atom is -0.504 e. The van der Waals surface area contributed by atoms with Crippen molar-refractivity contribution in [2.75, 3.05) is 7.11 Å². The third-order valence-corrected chi connectivity index (χ3v) is 1.30. The second-order valence-electron chi connectivity index (χ2n) is 2.04. The molecule has 0 aromatic heterocycles. The second-order valence-corrected chi connectivity index (χ2v) is 2.04. The van der Waals surface area contributed by atoms with E-state index in [4.69, 9.17) is 5.11 Å². The summed E-state index contributed by atoms with van der Waals surface area (Å²) in [6.07, 6.45) is 0. The fourth-order valence-electron chi connectivity index (χ4n) is 0.760. The normalized spacial score (nSPS) is 10.0. The van der Waals surface area contributed by atoms with E-state index in [-0.39, 0.29) is 0 Å². The van der Waals surface area contributed by atoms with Crippen LogP contribution in [-0.4, -0.2) is 12.2 Å². The standard InChI is InChI=1S/C7H5F3O2/c1-12-7-4(11)2-3(8)5(9)6(7)10/h2,11H,1H3. The number of hydrogen-bond acceptors (Lipinski definition) is 2. The summed E-state index contributed by atoms with van der Waals surface area (Å²) in [7, 11) is 1.04.